The highest BCUT2D eigenvalue weighted by Gasteiger charge is 2.38. The van der Waals surface area contributed by atoms with Crippen LogP contribution in [0.3, 0.4) is 0 Å². The molecule has 0 saturated carbocycles. The predicted octanol–water partition coefficient (Wildman–Crippen LogP) is -2.43. The lowest BCUT2D eigenvalue weighted by atomic mass is 10.1. The number of hydrogen-bond acceptors (Lipinski definition) is 5. The van der Waals surface area contributed by atoms with Gasteiger partial charge in [0, 0.05) is 0 Å². The summed E-state index contributed by atoms with van der Waals surface area (Å²) in [5.74, 6) is -0.841. The molecule has 0 radical (unpaired) electrons. The number of amides is 1. The van der Waals surface area contributed by atoms with Crippen LogP contribution in [0.2, 0.25) is 0 Å². The Balaban J connectivity index is 4.78. The van der Waals surface area contributed by atoms with E-state index in [-0.39, 0.29) is 0 Å². The Morgan fingerprint density at radius 2 is 2.17 bits per heavy atom. The van der Waals surface area contributed by atoms with E-state index < -0.39 is 17.7 Å². The molecule has 0 saturated heterocycles. The molecule has 6 heteroatoms. The van der Waals surface area contributed by atoms with Gasteiger partial charge >= 0.3 is 0 Å². The summed E-state index contributed by atoms with van der Waals surface area (Å²) in [5.41, 5.74) is 7.80. The van der Waals surface area contributed by atoms with Crippen molar-refractivity contribution in [3.63, 3.8) is 0 Å². The number of nitrogens with two attached hydrogens (primary N) is 2. The third-order valence-corrected chi connectivity index (χ3v) is 1.38. The molecule has 0 heterocycles. The number of carbonyl (C=O) groups excluding carboxylic acids is 1. The molecule has 0 aromatic rings. The first-order valence-electron chi connectivity index (χ1n) is 3.21. The van der Waals surface area contributed by atoms with Gasteiger partial charge in [0.25, 0.3) is 0 Å². The summed E-state index contributed by atoms with van der Waals surface area (Å²) in [6, 6.07) is 0.189. The van der Waals surface area contributed by atoms with Crippen LogP contribution < -0.4 is 11.5 Å². The third kappa shape index (κ3) is 2.17. The van der Waals surface area contributed by atoms with E-state index in [9.17, 15) is 9.90 Å². The predicted molar refractivity (Wildman–Crippen MR) is 41.4 cm³/mol. The lowest BCUT2D eigenvalue weighted by Crippen LogP contribution is -2.61. The molecule has 2 atom stereocenters. The zero-order valence-electron chi connectivity index (χ0n) is 6.98. The first kappa shape index (κ1) is 10.8. The molecule has 0 fully saturated rings. The van der Waals surface area contributed by atoms with Gasteiger partial charge in [-0.25, -0.2) is 0 Å². The van der Waals surface area contributed by atoms with Crippen LogP contribution in [0.4, 0.5) is 0 Å². The number of rotatable bonds is 3. The van der Waals surface area contributed by atoms with E-state index in [1.54, 1.807) is 0 Å². The van der Waals surface area contributed by atoms with Gasteiger partial charge in [0.1, 0.15) is 12.1 Å². The van der Waals surface area contributed by atoms with Crippen LogP contribution in [0.15, 0.2) is 0 Å². The van der Waals surface area contributed by atoms with Crippen LogP contribution >= 0.6 is 0 Å². The Hall–Kier alpha value is -1.16. The maximum atomic E-state index is 10.7. The lowest BCUT2D eigenvalue weighted by Gasteiger charge is -2.28. The summed E-state index contributed by atoms with van der Waals surface area (Å²) in [7, 11) is 2.98. The molecule has 0 spiro atoms. The largest absolute Gasteiger partial charge is 0.368 e. The molecule has 68 valence electrons. The molecule has 0 aromatic heterocycles. The van der Waals surface area contributed by atoms with Gasteiger partial charge in [0.05, 0.1) is 0 Å². The number of primary amides is 1. The van der Waals surface area contributed by atoms with Crippen LogP contribution in [0.25, 0.3) is 0 Å². The second kappa shape index (κ2) is 3.49. The number of hydrogen-bond donors (Lipinski definition) is 3. The maximum absolute atomic E-state index is 10.7. The van der Waals surface area contributed by atoms with Gasteiger partial charge in [0.2, 0.25) is 11.6 Å². The molecular formula is C6H12N4O2. The van der Waals surface area contributed by atoms with Crippen molar-refractivity contribution in [2.24, 2.45) is 11.5 Å². The van der Waals surface area contributed by atoms with Crippen molar-refractivity contribution in [2.45, 2.75) is 11.8 Å². The normalized spacial score (nSPS) is 18.0. The fourth-order valence-electron chi connectivity index (χ4n) is 0.926. The fraction of sp³-hybridized carbons (Fsp3) is 0.667. The molecule has 1 amide bonds. The molecule has 6 nitrogen and oxygen atoms in total. The first-order chi connectivity index (χ1) is 5.33. The second-order valence-electron chi connectivity index (χ2n) is 2.71. The maximum Gasteiger partial charge on any atom is 0.240 e. The number of aliphatic hydroxyl groups is 1. The summed E-state index contributed by atoms with van der Waals surface area (Å²) in [4.78, 5) is 12.0. The van der Waals surface area contributed by atoms with Gasteiger partial charge in [-0.2, -0.15) is 5.26 Å². The van der Waals surface area contributed by atoms with Crippen molar-refractivity contribution in [1.82, 2.24) is 4.90 Å². The van der Waals surface area contributed by atoms with Gasteiger partial charge < -0.3 is 10.8 Å². The van der Waals surface area contributed by atoms with Crippen molar-refractivity contribution < 1.29 is 9.90 Å². The van der Waals surface area contributed by atoms with Crippen molar-refractivity contribution in [3.05, 3.63) is 0 Å². The van der Waals surface area contributed by atoms with Gasteiger partial charge in [-0.3, -0.25) is 15.4 Å². The minimum Gasteiger partial charge on any atom is -0.368 e. The average Bonchev–Trinajstić information content (AvgIpc) is 1.84. The molecular weight excluding hydrogens is 160 g/mol. The Morgan fingerprint density at radius 1 is 1.75 bits per heavy atom. The van der Waals surface area contributed by atoms with Crippen molar-refractivity contribution in [3.8, 4) is 6.07 Å². The van der Waals surface area contributed by atoms with Crippen LogP contribution in [-0.4, -0.2) is 41.8 Å². The monoisotopic (exact) mass is 172 g/mol. The molecule has 0 aromatic carbocycles. The van der Waals surface area contributed by atoms with Crippen molar-refractivity contribution >= 4 is 5.91 Å². The van der Waals surface area contributed by atoms with Crippen LogP contribution in [0, 0.1) is 11.3 Å². The minimum atomic E-state index is -2.24. The number of likely N-dealkylation sites (N-methyl/N-ethyl adjacent to an activating group) is 1. The highest BCUT2D eigenvalue weighted by atomic mass is 16.3. The Morgan fingerprint density at radius 3 is 2.25 bits per heavy atom. The molecule has 0 aliphatic rings. The van der Waals surface area contributed by atoms with E-state index >= 15 is 0 Å². The van der Waals surface area contributed by atoms with E-state index in [1.165, 1.54) is 25.1 Å². The number of nitrogens with zero attached hydrogens (tertiary/aromatic N) is 2. The minimum absolute atomic E-state index is 0.841. The van der Waals surface area contributed by atoms with E-state index in [0.29, 0.717) is 0 Å². The molecule has 12 heavy (non-hydrogen) atoms. The summed E-state index contributed by atoms with van der Waals surface area (Å²) >= 11 is 0. The van der Waals surface area contributed by atoms with Crippen molar-refractivity contribution in [1.29, 1.82) is 5.26 Å². The molecule has 0 rings (SSSR count). The topological polar surface area (TPSA) is 116 Å². The van der Waals surface area contributed by atoms with E-state index in [0.717, 1.165) is 0 Å². The quantitative estimate of drug-likeness (QED) is 0.323. The van der Waals surface area contributed by atoms with E-state index in [1.807, 2.05) is 0 Å². The summed E-state index contributed by atoms with van der Waals surface area (Å²) in [6.45, 7) is 0. The highest BCUT2D eigenvalue weighted by molar-refractivity contribution is 5.81. The van der Waals surface area contributed by atoms with Gasteiger partial charge in [0.15, 0.2) is 0 Å². The summed E-state index contributed by atoms with van der Waals surface area (Å²) in [6.07, 6.45) is 0. The Bertz CT molecular complexity index is 218. The Labute approximate surface area is 70.4 Å². The molecule has 0 aliphatic carbocycles. The van der Waals surface area contributed by atoms with Crippen molar-refractivity contribution in [2.75, 3.05) is 14.1 Å². The zero-order chi connectivity index (χ0) is 9.94. The Kier molecular flexibility index (Phi) is 3.15. The summed E-state index contributed by atoms with van der Waals surface area (Å²) < 4.78 is 0. The van der Waals surface area contributed by atoms with E-state index in [4.69, 9.17) is 16.7 Å². The first-order valence-corrected chi connectivity index (χ1v) is 3.21. The smallest absolute Gasteiger partial charge is 0.240 e. The zero-order valence-corrected chi connectivity index (χ0v) is 6.98. The SMILES string of the molecule is CN(C)C(C(N)=O)C(N)(O)C#N. The summed E-state index contributed by atoms with van der Waals surface area (Å²) in [5, 5.41) is 17.6. The molecule has 0 aliphatic heterocycles. The third-order valence-electron chi connectivity index (χ3n) is 1.38. The molecule has 5 N–H and O–H groups in total. The van der Waals surface area contributed by atoms with Gasteiger partial charge in [-0.15, -0.1) is 0 Å². The lowest BCUT2D eigenvalue weighted by molar-refractivity contribution is -0.128. The molecule has 0 bridgehead atoms. The number of nitriles is 1. The molecule has 2 unspecified atom stereocenters. The van der Waals surface area contributed by atoms with Gasteiger partial charge in [-0.05, 0) is 14.1 Å². The van der Waals surface area contributed by atoms with Crippen LogP contribution in [0.1, 0.15) is 0 Å². The fourth-order valence-corrected chi connectivity index (χ4v) is 0.926. The van der Waals surface area contributed by atoms with Gasteiger partial charge in [-0.1, -0.05) is 0 Å². The number of carbonyl (C=O) groups is 1. The second-order valence-corrected chi connectivity index (χ2v) is 2.71. The van der Waals surface area contributed by atoms with E-state index in [2.05, 4.69) is 0 Å². The van der Waals surface area contributed by atoms with Crippen LogP contribution in [0.5, 0.6) is 0 Å². The standard InChI is InChI=1S/C6H12N4O2/c1-10(2)4(5(8)11)6(9,12)3-7/h4,12H,9H2,1-2H3,(H2,8,11). The van der Waals surface area contributed by atoms with Crippen LogP contribution in [-0.2, 0) is 4.79 Å². The average molecular weight is 172 g/mol. The highest BCUT2D eigenvalue weighted by Crippen LogP contribution is 2.06.